The Bertz CT molecular complexity index is 676. The maximum Gasteiger partial charge on any atom is 0.334 e. The van der Waals surface area contributed by atoms with Crippen LogP contribution >= 0.6 is 0 Å². The number of nitrogens with zero attached hydrogens (tertiary/aromatic N) is 1. The van der Waals surface area contributed by atoms with Crippen molar-refractivity contribution in [2.45, 2.75) is 19.1 Å². The van der Waals surface area contributed by atoms with Gasteiger partial charge in [-0.15, -0.1) is 0 Å². The number of hydrogen-bond donors (Lipinski definition) is 2. The van der Waals surface area contributed by atoms with Gasteiger partial charge in [-0.1, -0.05) is 0 Å². The van der Waals surface area contributed by atoms with E-state index in [1.165, 1.54) is 30.2 Å². The summed E-state index contributed by atoms with van der Waals surface area (Å²) in [5, 5.41) is 9.11. The number of carboxylic acids is 1. The second-order valence-electron chi connectivity index (χ2n) is 5.60. The van der Waals surface area contributed by atoms with Crippen molar-refractivity contribution in [2.24, 2.45) is 5.73 Å². The molecular formula is C16H20N2O7. The molecule has 9 nitrogen and oxygen atoms in total. The summed E-state index contributed by atoms with van der Waals surface area (Å²) in [6.07, 6.45) is -1.45. The number of hydrogen-bond acceptors (Lipinski definition) is 6. The predicted molar refractivity (Wildman–Crippen MR) is 85.6 cm³/mol. The minimum Gasteiger partial charge on any atom is -0.493 e. The van der Waals surface area contributed by atoms with Crippen LogP contribution in [0.25, 0.3) is 0 Å². The number of methoxy groups -OCH3 is 1. The van der Waals surface area contributed by atoms with Crippen molar-refractivity contribution < 1.29 is 33.7 Å². The van der Waals surface area contributed by atoms with Crippen LogP contribution in [-0.4, -0.2) is 66.8 Å². The third kappa shape index (κ3) is 4.60. The Morgan fingerprint density at radius 2 is 2.04 bits per heavy atom. The Balaban J connectivity index is 2.18. The van der Waals surface area contributed by atoms with Crippen LogP contribution in [0.1, 0.15) is 17.3 Å². The molecule has 2 atom stereocenters. The fourth-order valence-electron chi connectivity index (χ4n) is 2.50. The first kappa shape index (κ1) is 18.5. The zero-order chi connectivity index (χ0) is 18.6. The van der Waals surface area contributed by atoms with Gasteiger partial charge in [0.2, 0.25) is 0 Å². The smallest absolute Gasteiger partial charge is 0.334 e. The standard InChI is InChI=1S/C16H20N2O7/c1-9-6-18(7-13(25-9)16(21)22)15(20)10-3-4-11(12(5-10)23-2)24-8-14(17)19/h3-5,9,13H,6-8H2,1-2H3,(H2,17,19)(H,21,22)/t9-,13?/m1/s1. The Labute approximate surface area is 144 Å². The van der Waals surface area contributed by atoms with Crippen molar-refractivity contribution >= 4 is 17.8 Å². The number of primary amides is 1. The molecule has 1 fully saturated rings. The summed E-state index contributed by atoms with van der Waals surface area (Å²) < 4.78 is 15.7. The second-order valence-corrected chi connectivity index (χ2v) is 5.60. The molecule has 2 rings (SSSR count). The topological polar surface area (TPSA) is 128 Å². The molecular weight excluding hydrogens is 332 g/mol. The van der Waals surface area contributed by atoms with E-state index in [4.69, 9.17) is 25.1 Å². The molecule has 136 valence electrons. The number of carboxylic acid groups (broad SMARTS) is 1. The number of nitrogens with two attached hydrogens (primary N) is 1. The Hall–Kier alpha value is -2.81. The van der Waals surface area contributed by atoms with Gasteiger partial charge in [0, 0.05) is 12.1 Å². The van der Waals surface area contributed by atoms with E-state index < -0.39 is 18.0 Å². The molecule has 1 aliphatic rings. The number of rotatable bonds is 6. The highest BCUT2D eigenvalue weighted by molar-refractivity contribution is 5.95. The molecule has 9 heteroatoms. The average molecular weight is 352 g/mol. The molecule has 0 aromatic heterocycles. The fourth-order valence-corrected chi connectivity index (χ4v) is 2.50. The number of ether oxygens (including phenoxy) is 3. The van der Waals surface area contributed by atoms with Gasteiger partial charge < -0.3 is 30.0 Å². The summed E-state index contributed by atoms with van der Waals surface area (Å²) >= 11 is 0. The molecule has 25 heavy (non-hydrogen) atoms. The van der Waals surface area contributed by atoms with Crippen molar-refractivity contribution in [2.75, 3.05) is 26.8 Å². The summed E-state index contributed by atoms with van der Waals surface area (Å²) in [6.45, 7) is 1.63. The molecule has 0 saturated carbocycles. The molecule has 0 aliphatic carbocycles. The minimum absolute atomic E-state index is 0.0409. The van der Waals surface area contributed by atoms with Gasteiger partial charge in [0.1, 0.15) is 0 Å². The first-order valence-corrected chi connectivity index (χ1v) is 7.58. The van der Waals surface area contributed by atoms with Crippen LogP contribution in [0.2, 0.25) is 0 Å². The maximum absolute atomic E-state index is 12.7. The predicted octanol–water partition coefficient (Wildman–Crippen LogP) is -0.127. The molecule has 3 N–H and O–H groups in total. The van der Waals surface area contributed by atoms with Gasteiger partial charge in [-0.3, -0.25) is 9.59 Å². The molecule has 1 saturated heterocycles. The highest BCUT2D eigenvalue weighted by atomic mass is 16.5. The monoisotopic (exact) mass is 352 g/mol. The summed E-state index contributed by atoms with van der Waals surface area (Å²) in [6, 6.07) is 4.47. The summed E-state index contributed by atoms with van der Waals surface area (Å²) in [7, 11) is 1.40. The fraction of sp³-hybridized carbons (Fsp3) is 0.438. The molecule has 1 aromatic carbocycles. The summed E-state index contributed by atoms with van der Waals surface area (Å²) in [4.78, 5) is 36.0. The zero-order valence-corrected chi connectivity index (χ0v) is 13.9. The van der Waals surface area contributed by atoms with Gasteiger partial charge in [0.05, 0.1) is 19.8 Å². The Kier molecular flexibility index (Phi) is 5.81. The number of benzene rings is 1. The lowest BCUT2D eigenvalue weighted by Crippen LogP contribution is -2.51. The van der Waals surface area contributed by atoms with Crippen LogP contribution in [0.4, 0.5) is 0 Å². The van der Waals surface area contributed by atoms with Crippen molar-refractivity contribution in [3.63, 3.8) is 0 Å². The molecule has 0 spiro atoms. The Morgan fingerprint density at radius 3 is 2.64 bits per heavy atom. The van der Waals surface area contributed by atoms with E-state index in [0.717, 1.165) is 0 Å². The summed E-state index contributed by atoms with van der Waals surface area (Å²) in [5.41, 5.74) is 5.34. The van der Waals surface area contributed by atoms with Crippen LogP contribution in [0, 0.1) is 0 Å². The lowest BCUT2D eigenvalue weighted by Gasteiger charge is -2.35. The molecule has 1 aromatic rings. The van der Waals surface area contributed by atoms with Gasteiger partial charge in [-0.05, 0) is 25.1 Å². The van der Waals surface area contributed by atoms with E-state index in [9.17, 15) is 14.4 Å². The van der Waals surface area contributed by atoms with E-state index in [1.54, 1.807) is 6.92 Å². The van der Waals surface area contributed by atoms with Crippen molar-refractivity contribution in [3.8, 4) is 11.5 Å². The van der Waals surface area contributed by atoms with Gasteiger partial charge in [0.25, 0.3) is 11.8 Å². The van der Waals surface area contributed by atoms with Crippen LogP contribution in [0.5, 0.6) is 11.5 Å². The molecule has 1 heterocycles. The molecule has 1 unspecified atom stereocenters. The third-order valence-electron chi connectivity index (χ3n) is 3.60. The number of carbonyl (C=O) groups excluding carboxylic acids is 2. The third-order valence-corrected chi connectivity index (χ3v) is 3.60. The SMILES string of the molecule is COc1cc(C(=O)N2CC(C(=O)O)O[C@H](C)C2)ccc1OCC(N)=O. The number of carbonyl (C=O) groups is 3. The quantitative estimate of drug-likeness (QED) is 0.730. The molecule has 0 radical (unpaired) electrons. The van der Waals surface area contributed by atoms with Crippen LogP contribution in [0.3, 0.4) is 0 Å². The summed E-state index contributed by atoms with van der Waals surface area (Å²) in [5.74, 6) is -1.55. The number of amides is 2. The molecule has 1 aliphatic heterocycles. The van der Waals surface area contributed by atoms with E-state index in [2.05, 4.69) is 0 Å². The first-order chi connectivity index (χ1) is 11.8. The van der Waals surface area contributed by atoms with Gasteiger partial charge >= 0.3 is 5.97 Å². The van der Waals surface area contributed by atoms with E-state index in [-0.39, 0.29) is 43.2 Å². The van der Waals surface area contributed by atoms with Gasteiger partial charge in [-0.25, -0.2) is 4.79 Å². The highest BCUT2D eigenvalue weighted by Gasteiger charge is 2.33. The molecule has 0 bridgehead atoms. The lowest BCUT2D eigenvalue weighted by molar-refractivity contribution is -0.160. The van der Waals surface area contributed by atoms with E-state index in [0.29, 0.717) is 5.56 Å². The number of aliphatic carboxylic acids is 1. The lowest BCUT2D eigenvalue weighted by atomic mass is 10.1. The highest BCUT2D eigenvalue weighted by Crippen LogP contribution is 2.29. The zero-order valence-electron chi connectivity index (χ0n) is 13.9. The van der Waals surface area contributed by atoms with Gasteiger partial charge in [0.15, 0.2) is 24.2 Å². The first-order valence-electron chi connectivity index (χ1n) is 7.58. The van der Waals surface area contributed by atoms with Crippen LogP contribution in [-0.2, 0) is 14.3 Å². The Morgan fingerprint density at radius 1 is 1.32 bits per heavy atom. The normalized spacial score (nSPS) is 20.0. The van der Waals surface area contributed by atoms with Crippen molar-refractivity contribution in [1.82, 2.24) is 4.90 Å². The van der Waals surface area contributed by atoms with Crippen molar-refractivity contribution in [1.29, 1.82) is 0 Å². The minimum atomic E-state index is -1.11. The maximum atomic E-state index is 12.7. The second kappa shape index (κ2) is 7.84. The van der Waals surface area contributed by atoms with Crippen LogP contribution < -0.4 is 15.2 Å². The van der Waals surface area contributed by atoms with Gasteiger partial charge in [-0.2, -0.15) is 0 Å². The largest absolute Gasteiger partial charge is 0.493 e. The van der Waals surface area contributed by atoms with E-state index >= 15 is 0 Å². The van der Waals surface area contributed by atoms with Crippen molar-refractivity contribution in [3.05, 3.63) is 23.8 Å². The van der Waals surface area contributed by atoms with E-state index in [1.807, 2.05) is 0 Å². The average Bonchev–Trinajstić information content (AvgIpc) is 2.58. The van der Waals surface area contributed by atoms with Crippen LogP contribution in [0.15, 0.2) is 18.2 Å². The molecule has 2 amide bonds. The number of morpholine rings is 1.